The van der Waals surface area contributed by atoms with Gasteiger partial charge in [0, 0.05) is 43.0 Å². The maximum Gasteiger partial charge on any atom is 0.246 e. The minimum Gasteiger partial charge on any atom is -0.457 e. The van der Waals surface area contributed by atoms with Crippen LogP contribution in [0, 0.1) is 19.7 Å². The third-order valence-corrected chi connectivity index (χ3v) is 7.13. The molecular weight excluding hydrogens is 539 g/mol. The molecular formula is C29H31FN10O2. The summed E-state index contributed by atoms with van der Waals surface area (Å²) in [5, 5.41) is 7.13. The summed E-state index contributed by atoms with van der Waals surface area (Å²) in [5.41, 5.74) is 2.06. The highest BCUT2D eigenvalue weighted by Crippen LogP contribution is 2.35. The topological polar surface area (TPSA) is 126 Å². The van der Waals surface area contributed by atoms with Crippen molar-refractivity contribution in [2.75, 3.05) is 18.4 Å². The molecule has 13 heteroatoms. The number of carbonyl (C=O) groups excluding carboxylic acids is 1. The van der Waals surface area contributed by atoms with E-state index >= 15 is 4.39 Å². The van der Waals surface area contributed by atoms with E-state index < -0.39 is 5.82 Å². The van der Waals surface area contributed by atoms with Crippen LogP contribution in [-0.2, 0) is 4.79 Å². The normalized spacial score (nSPS) is 17.3. The summed E-state index contributed by atoms with van der Waals surface area (Å²) in [7, 11) is 0. The number of benzene rings is 1. The molecule has 1 N–H and O–H groups in total. The van der Waals surface area contributed by atoms with Crippen LogP contribution < -0.4 is 10.1 Å². The molecule has 0 spiro atoms. The zero-order valence-electron chi connectivity index (χ0n) is 23.8. The van der Waals surface area contributed by atoms with Gasteiger partial charge in [0.2, 0.25) is 11.9 Å². The van der Waals surface area contributed by atoms with Crippen LogP contribution in [0.25, 0.3) is 5.65 Å². The second-order valence-corrected chi connectivity index (χ2v) is 9.97. The average Bonchev–Trinajstić information content (AvgIpc) is 3.45. The van der Waals surface area contributed by atoms with Crippen molar-refractivity contribution in [2.45, 2.75) is 39.8 Å². The summed E-state index contributed by atoms with van der Waals surface area (Å²) in [6, 6.07) is 6.51. The van der Waals surface area contributed by atoms with Crippen LogP contribution in [0.2, 0.25) is 0 Å². The van der Waals surface area contributed by atoms with Crippen molar-refractivity contribution in [3.8, 4) is 11.5 Å². The van der Waals surface area contributed by atoms with Gasteiger partial charge in [-0.2, -0.15) is 5.10 Å². The SMILES string of the molecule is C=CC(=O)N1C[C@@H](C)N(C(N=C)=Nc2c(C)ncnc2Nc2ccc(Oc3ccn4ncnc4c3)c(C)c2F)C[C@H]1C. The summed E-state index contributed by atoms with van der Waals surface area (Å²) in [6.07, 6.45) is 5.86. The van der Waals surface area contributed by atoms with Gasteiger partial charge in [-0.15, -0.1) is 0 Å². The van der Waals surface area contributed by atoms with Gasteiger partial charge in [0.15, 0.2) is 17.3 Å². The fourth-order valence-corrected chi connectivity index (χ4v) is 4.80. The number of amides is 1. The fourth-order valence-electron chi connectivity index (χ4n) is 4.80. The first-order valence-corrected chi connectivity index (χ1v) is 13.3. The molecule has 1 aliphatic rings. The van der Waals surface area contributed by atoms with Gasteiger partial charge < -0.3 is 19.9 Å². The number of piperazine rings is 1. The van der Waals surface area contributed by atoms with Gasteiger partial charge in [-0.3, -0.25) is 4.79 Å². The lowest BCUT2D eigenvalue weighted by Crippen LogP contribution is -2.59. The first-order valence-electron chi connectivity index (χ1n) is 13.3. The van der Waals surface area contributed by atoms with Crippen molar-refractivity contribution in [2.24, 2.45) is 9.98 Å². The minimum atomic E-state index is -0.505. The van der Waals surface area contributed by atoms with Crippen LogP contribution in [-0.4, -0.2) is 78.1 Å². The van der Waals surface area contributed by atoms with E-state index in [-0.39, 0.29) is 23.7 Å². The number of nitrogens with one attached hydrogen (secondary N) is 1. The van der Waals surface area contributed by atoms with Gasteiger partial charge in [0.25, 0.3) is 0 Å². The average molecular weight is 571 g/mol. The van der Waals surface area contributed by atoms with E-state index in [4.69, 9.17) is 9.73 Å². The van der Waals surface area contributed by atoms with E-state index in [0.717, 1.165) is 0 Å². The first-order chi connectivity index (χ1) is 20.2. The molecule has 0 saturated carbocycles. The number of carbonyl (C=O) groups is 1. The molecule has 0 aliphatic carbocycles. The summed E-state index contributed by atoms with van der Waals surface area (Å²) in [5.74, 6) is 0.886. The highest BCUT2D eigenvalue weighted by atomic mass is 19.1. The highest BCUT2D eigenvalue weighted by Gasteiger charge is 2.33. The predicted molar refractivity (Wildman–Crippen MR) is 158 cm³/mol. The number of anilines is 2. The number of fused-ring (bicyclic) bond motifs is 1. The Bertz CT molecular complexity index is 1700. The van der Waals surface area contributed by atoms with Crippen LogP contribution in [0.1, 0.15) is 25.1 Å². The van der Waals surface area contributed by atoms with Crippen LogP contribution in [0.15, 0.2) is 65.8 Å². The standard InChI is InChI=1S/C29H31FN10O2/c1-7-25(41)38-13-18(3)39(14-17(38)2)29(31-6)37-27-20(5)32-15-34-28(27)36-22-8-9-23(19(4)26(22)30)42-21-10-11-40-24(12-21)33-16-35-40/h7-12,15-18H,1,6,13-14H2,2-5H3,(H,32,34,36)/t17-,18-/m1/s1. The zero-order chi connectivity index (χ0) is 30.0. The summed E-state index contributed by atoms with van der Waals surface area (Å²) in [4.78, 5) is 37.8. The second-order valence-electron chi connectivity index (χ2n) is 9.97. The second kappa shape index (κ2) is 11.7. The van der Waals surface area contributed by atoms with Crippen molar-refractivity contribution in [1.82, 2.24) is 34.4 Å². The van der Waals surface area contributed by atoms with Gasteiger partial charge in [0.05, 0.1) is 11.4 Å². The predicted octanol–water partition coefficient (Wildman–Crippen LogP) is 4.61. The van der Waals surface area contributed by atoms with Crippen LogP contribution >= 0.6 is 0 Å². The van der Waals surface area contributed by atoms with E-state index in [1.807, 2.05) is 18.7 Å². The van der Waals surface area contributed by atoms with Crippen molar-refractivity contribution in [3.63, 3.8) is 0 Å². The Hall–Kier alpha value is -5.20. The number of guanidine groups is 1. The molecule has 2 atom stereocenters. The number of aromatic nitrogens is 5. The number of ether oxygens (including phenoxy) is 1. The Morgan fingerprint density at radius 2 is 1.88 bits per heavy atom. The maximum atomic E-state index is 15.6. The van der Waals surface area contributed by atoms with Crippen molar-refractivity contribution < 1.29 is 13.9 Å². The molecule has 3 aromatic heterocycles. The van der Waals surface area contributed by atoms with Gasteiger partial charge in [-0.1, -0.05) is 6.58 Å². The maximum absolute atomic E-state index is 15.6. The van der Waals surface area contributed by atoms with Crippen molar-refractivity contribution in [3.05, 3.63) is 72.8 Å². The Balaban J connectivity index is 1.41. The van der Waals surface area contributed by atoms with E-state index in [9.17, 15) is 4.79 Å². The molecule has 1 fully saturated rings. The molecule has 1 aliphatic heterocycles. The lowest BCUT2D eigenvalue weighted by atomic mass is 10.1. The molecule has 0 radical (unpaired) electrons. The fraction of sp³-hybridized carbons (Fsp3) is 0.276. The molecule has 0 bridgehead atoms. The third kappa shape index (κ3) is 5.53. The van der Waals surface area contributed by atoms with Crippen LogP contribution in [0.3, 0.4) is 0 Å². The van der Waals surface area contributed by atoms with Crippen molar-refractivity contribution >= 4 is 41.4 Å². The molecule has 1 aromatic carbocycles. The number of rotatable bonds is 6. The van der Waals surface area contributed by atoms with Gasteiger partial charge in [0.1, 0.15) is 29.8 Å². The van der Waals surface area contributed by atoms with E-state index in [0.29, 0.717) is 59.0 Å². The lowest BCUT2D eigenvalue weighted by Gasteiger charge is -2.44. The Morgan fingerprint density at radius 1 is 1.12 bits per heavy atom. The molecule has 1 amide bonds. The first kappa shape index (κ1) is 28.3. The molecule has 42 heavy (non-hydrogen) atoms. The van der Waals surface area contributed by atoms with Gasteiger partial charge >= 0.3 is 0 Å². The zero-order valence-corrected chi connectivity index (χ0v) is 23.8. The molecule has 4 aromatic rings. The lowest BCUT2D eigenvalue weighted by molar-refractivity contribution is -0.130. The Kier molecular flexibility index (Phi) is 7.91. The minimum absolute atomic E-state index is 0.0891. The molecule has 216 valence electrons. The Labute approximate surface area is 242 Å². The monoisotopic (exact) mass is 570 g/mol. The smallest absolute Gasteiger partial charge is 0.246 e. The van der Waals surface area contributed by atoms with E-state index in [2.05, 4.69) is 43.7 Å². The van der Waals surface area contributed by atoms with Gasteiger partial charge in [-0.05, 0) is 58.7 Å². The number of hydrogen-bond acceptors (Lipinski definition) is 8. The molecule has 1 saturated heterocycles. The van der Waals surface area contributed by atoms with Crippen molar-refractivity contribution in [1.29, 1.82) is 0 Å². The molecule has 4 heterocycles. The van der Waals surface area contributed by atoms with E-state index in [1.165, 1.54) is 18.7 Å². The van der Waals surface area contributed by atoms with Crippen LogP contribution in [0.5, 0.6) is 11.5 Å². The highest BCUT2D eigenvalue weighted by molar-refractivity contribution is 5.90. The number of hydrogen-bond donors (Lipinski definition) is 1. The van der Waals surface area contributed by atoms with Gasteiger partial charge in [-0.25, -0.2) is 33.8 Å². The largest absolute Gasteiger partial charge is 0.457 e. The summed E-state index contributed by atoms with van der Waals surface area (Å²) in [6.45, 7) is 15.6. The number of pyridine rings is 1. The number of aryl methyl sites for hydroxylation is 1. The summed E-state index contributed by atoms with van der Waals surface area (Å²) >= 11 is 0. The summed E-state index contributed by atoms with van der Waals surface area (Å²) < 4.78 is 23.2. The quantitative estimate of drug-likeness (QED) is 0.202. The molecule has 12 nitrogen and oxygen atoms in total. The number of halogens is 1. The number of nitrogens with zero attached hydrogens (tertiary/aromatic N) is 9. The Morgan fingerprint density at radius 3 is 2.64 bits per heavy atom. The van der Waals surface area contributed by atoms with Crippen LogP contribution in [0.4, 0.5) is 21.6 Å². The van der Waals surface area contributed by atoms with E-state index in [1.54, 1.807) is 53.7 Å². The number of aliphatic imine (C=N–C) groups is 2. The molecule has 5 rings (SSSR count). The molecule has 0 unspecified atom stereocenters. The third-order valence-electron chi connectivity index (χ3n) is 7.13.